The number of rotatable bonds is 2. The lowest BCUT2D eigenvalue weighted by Gasteiger charge is -2.35. The lowest BCUT2D eigenvalue weighted by Crippen LogP contribution is -2.48. The number of nitrogens with one attached hydrogen (secondary N) is 1. The van der Waals surface area contributed by atoms with E-state index in [1.807, 2.05) is 0 Å². The van der Waals surface area contributed by atoms with Gasteiger partial charge in [-0.2, -0.15) is 0 Å². The summed E-state index contributed by atoms with van der Waals surface area (Å²) in [4.78, 5) is 11.9. The highest BCUT2D eigenvalue weighted by molar-refractivity contribution is 5.68. The molecule has 1 amide bonds. The van der Waals surface area contributed by atoms with Crippen molar-refractivity contribution >= 4 is 6.09 Å². The SMILES string of the molecule is CC(C)(C)OC(=O)N[C@H]1CC(O)CO[C@@H]1c1cc(F)c(F)cc1F. The third-order valence-electron chi connectivity index (χ3n) is 3.41. The summed E-state index contributed by atoms with van der Waals surface area (Å²) in [5.41, 5.74) is -0.983. The van der Waals surface area contributed by atoms with Crippen molar-refractivity contribution in [3.05, 3.63) is 35.1 Å². The van der Waals surface area contributed by atoms with Crippen molar-refractivity contribution in [1.29, 1.82) is 0 Å². The van der Waals surface area contributed by atoms with E-state index in [0.29, 0.717) is 12.1 Å². The summed E-state index contributed by atoms with van der Waals surface area (Å²) < 4.78 is 51.0. The molecule has 1 aromatic carbocycles. The van der Waals surface area contributed by atoms with Crippen molar-refractivity contribution in [2.24, 2.45) is 0 Å². The molecule has 2 N–H and O–H groups in total. The summed E-state index contributed by atoms with van der Waals surface area (Å²) in [6.45, 7) is 4.90. The number of aliphatic hydroxyl groups excluding tert-OH is 1. The molecule has 0 saturated carbocycles. The standard InChI is InChI=1S/C16H20F3NO4/c1-16(2,3)24-15(22)20-13-4-8(21)7-23-14(13)9-5-11(18)12(19)6-10(9)17/h5-6,8,13-14,21H,4,7H2,1-3H3,(H,20,22)/t8?,13-,14+/m0/s1. The van der Waals surface area contributed by atoms with Gasteiger partial charge in [-0.15, -0.1) is 0 Å². The van der Waals surface area contributed by atoms with Crippen LogP contribution < -0.4 is 5.32 Å². The maximum Gasteiger partial charge on any atom is 0.407 e. The fourth-order valence-corrected chi connectivity index (χ4v) is 2.47. The minimum absolute atomic E-state index is 0.0579. The van der Waals surface area contributed by atoms with Crippen LogP contribution in [0.25, 0.3) is 0 Å². The van der Waals surface area contributed by atoms with Gasteiger partial charge in [0.05, 0.1) is 18.8 Å². The van der Waals surface area contributed by atoms with E-state index in [-0.39, 0.29) is 18.6 Å². The number of carbonyl (C=O) groups is 1. The Balaban J connectivity index is 2.23. The predicted molar refractivity (Wildman–Crippen MR) is 78.8 cm³/mol. The zero-order valence-electron chi connectivity index (χ0n) is 13.6. The van der Waals surface area contributed by atoms with Gasteiger partial charge in [-0.3, -0.25) is 0 Å². The van der Waals surface area contributed by atoms with Gasteiger partial charge in [0, 0.05) is 11.6 Å². The number of benzene rings is 1. The Morgan fingerprint density at radius 1 is 1.25 bits per heavy atom. The molecule has 1 saturated heterocycles. The zero-order chi connectivity index (χ0) is 18.1. The molecule has 0 aromatic heterocycles. The van der Waals surface area contributed by atoms with Crippen molar-refractivity contribution in [3.63, 3.8) is 0 Å². The Morgan fingerprint density at radius 3 is 2.50 bits per heavy atom. The molecule has 2 rings (SSSR count). The summed E-state index contributed by atoms with van der Waals surface area (Å²) in [5, 5.41) is 12.2. The lowest BCUT2D eigenvalue weighted by atomic mass is 9.94. The molecule has 24 heavy (non-hydrogen) atoms. The number of ether oxygens (including phenoxy) is 2. The molecule has 3 atom stereocenters. The third kappa shape index (κ3) is 4.61. The molecule has 0 bridgehead atoms. The first-order valence-electron chi connectivity index (χ1n) is 7.50. The van der Waals surface area contributed by atoms with Gasteiger partial charge in [0.2, 0.25) is 0 Å². The van der Waals surface area contributed by atoms with E-state index in [2.05, 4.69) is 5.32 Å². The molecule has 5 nitrogen and oxygen atoms in total. The van der Waals surface area contributed by atoms with Crippen LogP contribution in [0, 0.1) is 17.5 Å². The second-order valence-corrected chi connectivity index (χ2v) is 6.68. The van der Waals surface area contributed by atoms with Crippen LogP contribution in [0.4, 0.5) is 18.0 Å². The first-order valence-corrected chi connectivity index (χ1v) is 7.50. The molecule has 8 heteroatoms. The van der Waals surface area contributed by atoms with Gasteiger partial charge in [0.1, 0.15) is 17.5 Å². The van der Waals surface area contributed by atoms with E-state index in [1.165, 1.54) is 0 Å². The monoisotopic (exact) mass is 347 g/mol. The first-order chi connectivity index (χ1) is 11.1. The minimum Gasteiger partial charge on any atom is -0.444 e. The van der Waals surface area contributed by atoms with E-state index in [0.717, 1.165) is 0 Å². The van der Waals surface area contributed by atoms with E-state index in [4.69, 9.17) is 9.47 Å². The molecule has 0 spiro atoms. The third-order valence-corrected chi connectivity index (χ3v) is 3.41. The second kappa shape index (κ2) is 6.98. The number of hydrogen-bond acceptors (Lipinski definition) is 4. The fraction of sp³-hybridized carbons (Fsp3) is 0.562. The van der Waals surface area contributed by atoms with E-state index in [1.54, 1.807) is 20.8 Å². The van der Waals surface area contributed by atoms with Gasteiger partial charge in [-0.1, -0.05) is 0 Å². The highest BCUT2D eigenvalue weighted by Gasteiger charge is 2.36. The number of amides is 1. The Morgan fingerprint density at radius 2 is 1.88 bits per heavy atom. The molecule has 1 aliphatic heterocycles. The van der Waals surface area contributed by atoms with E-state index in [9.17, 15) is 23.1 Å². The smallest absolute Gasteiger partial charge is 0.407 e. The van der Waals surface area contributed by atoms with Gasteiger partial charge in [-0.25, -0.2) is 18.0 Å². The minimum atomic E-state index is -1.32. The second-order valence-electron chi connectivity index (χ2n) is 6.68. The quantitative estimate of drug-likeness (QED) is 0.808. The van der Waals surface area contributed by atoms with Crippen LogP contribution in [0.15, 0.2) is 12.1 Å². The summed E-state index contributed by atoms with van der Waals surface area (Å²) in [5.74, 6) is -3.54. The largest absolute Gasteiger partial charge is 0.444 e. The highest BCUT2D eigenvalue weighted by atomic mass is 19.2. The van der Waals surface area contributed by atoms with Crippen LogP contribution in [0.3, 0.4) is 0 Å². The summed E-state index contributed by atoms with van der Waals surface area (Å²) in [7, 11) is 0. The molecule has 1 unspecified atom stereocenters. The van der Waals surface area contributed by atoms with Crippen molar-refractivity contribution < 1.29 is 32.5 Å². The number of aliphatic hydroxyl groups is 1. The van der Waals surface area contributed by atoms with Gasteiger partial charge < -0.3 is 19.9 Å². The normalized spacial score (nSPS) is 24.5. The van der Waals surface area contributed by atoms with Crippen LogP contribution in [-0.2, 0) is 9.47 Å². The van der Waals surface area contributed by atoms with Crippen molar-refractivity contribution in [3.8, 4) is 0 Å². The van der Waals surface area contributed by atoms with Gasteiger partial charge in [0.15, 0.2) is 11.6 Å². The molecule has 1 fully saturated rings. The predicted octanol–water partition coefficient (Wildman–Crippen LogP) is 2.82. The highest BCUT2D eigenvalue weighted by Crippen LogP contribution is 2.31. The van der Waals surface area contributed by atoms with Crippen molar-refractivity contribution in [2.75, 3.05) is 6.61 Å². The fourth-order valence-electron chi connectivity index (χ4n) is 2.47. The number of alkyl carbamates (subject to hydrolysis) is 1. The van der Waals surface area contributed by atoms with Crippen LogP contribution in [0.5, 0.6) is 0 Å². The Hall–Kier alpha value is -1.80. The van der Waals surface area contributed by atoms with Crippen LogP contribution >= 0.6 is 0 Å². The van der Waals surface area contributed by atoms with E-state index >= 15 is 0 Å². The van der Waals surface area contributed by atoms with Gasteiger partial charge in [0.25, 0.3) is 0 Å². The van der Waals surface area contributed by atoms with Gasteiger partial charge >= 0.3 is 6.09 Å². The number of carbonyl (C=O) groups excluding carboxylic acids is 1. The number of hydrogen-bond donors (Lipinski definition) is 2. The first kappa shape index (κ1) is 18.5. The van der Waals surface area contributed by atoms with Crippen molar-refractivity contribution in [2.45, 2.75) is 51.0 Å². The molecule has 1 aliphatic rings. The van der Waals surface area contributed by atoms with Gasteiger partial charge in [-0.05, 0) is 33.3 Å². The zero-order valence-corrected chi connectivity index (χ0v) is 13.6. The maximum absolute atomic E-state index is 14.0. The molecular formula is C16H20F3NO4. The summed E-state index contributed by atoms with van der Waals surface area (Å²) in [6.07, 6.45) is -2.67. The Labute approximate surface area is 137 Å². The molecular weight excluding hydrogens is 327 g/mol. The molecule has 1 heterocycles. The number of halogens is 3. The Kier molecular flexibility index (Phi) is 5.39. The Bertz CT molecular complexity index is 618. The average Bonchev–Trinajstić information content (AvgIpc) is 2.41. The molecule has 1 aromatic rings. The molecule has 0 radical (unpaired) electrons. The van der Waals surface area contributed by atoms with Crippen LogP contribution in [-0.4, -0.2) is 35.6 Å². The summed E-state index contributed by atoms with van der Waals surface area (Å²) >= 11 is 0. The lowest BCUT2D eigenvalue weighted by molar-refractivity contribution is -0.0780. The maximum atomic E-state index is 14.0. The summed E-state index contributed by atoms with van der Waals surface area (Å²) in [6, 6.07) is 0.253. The van der Waals surface area contributed by atoms with E-state index < -0.39 is 47.4 Å². The van der Waals surface area contributed by atoms with Crippen molar-refractivity contribution in [1.82, 2.24) is 5.32 Å². The average molecular weight is 347 g/mol. The van der Waals surface area contributed by atoms with Crippen LogP contribution in [0.2, 0.25) is 0 Å². The topological polar surface area (TPSA) is 67.8 Å². The van der Waals surface area contributed by atoms with Crippen LogP contribution in [0.1, 0.15) is 38.9 Å². The molecule has 134 valence electrons. The molecule has 0 aliphatic carbocycles.